The Labute approximate surface area is 267 Å². The van der Waals surface area contributed by atoms with Crippen LogP contribution in [0.5, 0.6) is 0 Å². The van der Waals surface area contributed by atoms with Gasteiger partial charge >= 0.3 is 7.12 Å². The van der Waals surface area contributed by atoms with Crippen LogP contribution in [0.15, 0.2) is 109 Å². The topological polar surface area (TPSA) is 57.1 Å². The van der Waals surface area contributed by atoms with E-state index in [1.807, 2.05) is 60.7 Å². The number of hydrogen-bond donors (Lipinski definition) is 0. The van der Waals surface area contributed by atoms with Gasteiger partial charge in [-0.1, -0.05) is 128 Å². The van der Waals surface area contributed by atoms with Gasteiger partial charge in [0.1, 0.15) is 0 Å². The van der Waals surface area contributed by atoms with Crippen LogP contribution in [0.2, 0.25) is 0 Å². The van der Waals surface area contributed by atoms with Crippen molar-refractivity contribution in [1.82, 2.24) is 15.0 Å². The zero-order valence-corrected chi connectivity index (χ0v) is 26.7. The van der Waals surface area contributed by atoms with Crippen LogP contribution < -0.4 is 5.46 Å². The Kier molecular flexibility index (Phi) is 7.67. The van der Waals surface area contributed by atoms with Gasteiger partial charge in [-0.25, -0.2) is 15.0 Å². The molecule has 0 radical (unpaired) electrons. The van der Waals surface area contributed by atoms with Crippen molar-refractivity contribution in [2.45, 2.75) is 76.4 Å². The number of nitrogens with zero attached hydrogens (tertiary/aromatic N) is 3. The molecule has 7 rings (SSSR count). The number of aromatic nitrogens is 3. The lowest BCUT2D eigenvalue weighted by atomic mass is 9.64. The Balaban J connectivity index is 1.22. The minimum atomic E-state index is -0.356. The van der Waals surface area contributed by atoms with E-state index in [9.17, 15) is 0 Å². The van der Waals surface area contributed by atoms with Gasteiger partial charge in [-0.05, 0) is 57.1 Å². The summed E-state index contributed by atoms with van der Waals surface area (Å²) in [6, 6.07) is 38.2. The van der Waals surface area contributed by atoms with Crippen molar-refractivity contribution in [2.24, 2.45) is 0 Å². The highest BCUT2D eigenvalue weighted by Gasteiger charge is 2.51. The van der Waals surface area contributed by atoms with Gasteiger partial charge < -0.3 is 9.31 Å². The summed E-state index contributed by atoms with van der Waals surface area (Å²) in [6.07, 6.45) is 5.97. The fraction of sp³-hybridized carbons (Fsp3) is 0.308. The molecule has 0 unspecified atom stereocenters. The maximum atomic E-state index is 6.34. The molecule has 5 nitrogen and oxygen atoms in total. The molecule has 1 aliphatic heterocycles. The lowest BCUT2D eigenvalue weighted by molar-refractivity contribution is 0.00578. The zero-order valence-electron chi connectivity index (χ0n) is 26.7. The summed E-state index contributed by atoms with van der Waals surface area (Å²) in [7, 11) is -0.354. The van der Waals surface area contributed by atoms with Crippen LogP contribution in [-0.4, -0.2) is 33.3 Å². The van der Waals surface area contributed by atoms with E-state index in [2.05, 4.69) is 76.2 Å². The van der Waals surface area contributed by atoms with Crippen LogP contribution in [-0.2, 0) is 14.7 Å². The van der Waals surface area contributed by atoms with Crippen LogP contribution in [0.4, 0.5) is 0 Å². The van der Waals surface area contributed by atoms with Gasteiger partial charge in [-0.2, -0.15) is 0 Å². The van der Waals surface area contributed by atoms with E-state index in [0.717, 1.165) is 35.0 Å². The molecule has 2 fully saturated rings. The van der Waals surface area contributed by atoms with Gasteiger partial charge in [0.05, 0.1) is 11.2 Å². The van der Waals surface area contributed by atoms with E-state index in [1.165, 1.54) is 30.4 Å². The van der Waals surface area contributed by atoms with Crippen LogP contribution in [0.25, 0.3) is 34.2 Å². The number of benzene rings is 4. The van der Waals surface area contributed by atoms with Gasteiger partial charge in [0, 0.05) is 22.1 Å². The Morgan fingerprint density at radius 1 is 0.489 bits per heavy atom. The Hall–Kier alpha value is -4.13. The van der Waals surface area contributed by atoms with E-state index in [0.29, 0.717) is 17.5 Å². The largest absolute Gasteiger partial charge is 0.494 e. The van der Waals surface area contributed by atoms with Crippen molar-refractivity contribution in [3.63, 3.8) is 0 Å². The predicted molar refractivity (Wildman–Crippen MR) is 182 cm³/mol. The normalized spacial score (nSPS) is 18.5. The van der Waals surface area contributed by atoms with E-state index in [1.54, 1.807) is 0 Å². The molecule has 4 aromatic carbocycles. The van der Waals surface area contributed by atoms with E-state index in [4.69, 9.17) is 24.3 Å². The number of rotatable bonds is 6. The highest BCUT2D eigenvalue weighted by molar-refractivity contribution is 6.62. The minimum Gasteiger partial charge on any atom is -0.399 e. The first-order chi connectivity index (χ1) is 21.7. The van der Waals surface area contributed by atoms with Gasteiger partial charge in [0.15, 0.2) is 17.5 Å². The van der Waals surface area contributed by atoms with Crippen LogP contribution >= 0.6 is 0 Å². The molecule has 1 aromatic heterocycles. The first kappa shape index (κ1) is 29.6. The highest BCUT2D eigenvalue weighted by atomic mass is 16.7. The zero-order chi connectivity index (χ0) is 31.1. The predicted octanol–water partition coefficient (Wildman–Crippen LogP) is 8.42. The SMILES string of the molecule is CC1(C)OB(c2ccc(C3(c4ccc(-c5nc(-c6ccccc6)nc(-c6ccccc6)n5)cc4)CCCCC3)cc2)OC1(C)C. The molecule has 1 saturated heterocycles. The molecule has 1 saturated carbocycles. The highest BCUT2D eigenvalue weighted by Crippen LogP contribution is 2.45. The van der Waals surface area contributed by atoms with Gasteiger partial charge in [-0.15, -0.1) is 0 Å². The lowest BCUT2D eigenvalue weighted by Gasteiger charge is -2.39. The molecule has 226 valence electrons. The van der Waals surface area contributed by atoms with Crippen molar-refractivity contribution >= 4 is 12.6 Å². The quantitative estimate of drug-likeness (QED) is 0.185. The van der Waals surface area contributed by atoms with E-state index >= 15 is 0 Å². The van der Waals surface area contributed by atoms with Crippen LogP contribution in [0.1, 0.15) is 70.9 Å². The molecule has 45 heavy (non-hydrogen) atoms. The maximum Gasteiger partial charge on any atom is 0.494 e. The van der Waals surface area contributed by atoms with Gasteiger partial charge in [-0.3, -0.25) is 0 Å². The monoisotopic (exact) mass is 593 g/mol. The number of hydrogen-bond acceptors (Lipinski definition) is 5. The molecule has 0 bridgehead atoms. The molecule has 0 atom stereocenters. The second-order valence-corrected chi connectivity index (χ2v) is 13.5. The Bertz CT molecular complexity index is 1690. The van der Waals surface area contributed by atoms with Crippen LogP contribution in [0.3, 0.4) is 0 Å². The van der Waals surface area contributed by atoms with Crippen molar-refractivity contribution in [3.05, 3.63) is 120 Å². The summed E-state index contributed by atoms with van der Waals surface area (Å²) >= 11 is 0. The van der Waals surface area contributed by atoms with E-state index < -0.39 is 0 Å². The average Bonchev–Trinajstić information content (AvgIpc) is 3.31. The summed E-state index contributed by atoms with van der Waals surface area (Å²) in [4.78, 5) is 14.7. The summed E-state index contributed by atoms with van der Waals surface area (Å²) in [5.41, 5.74) is 5.95. The standard InChI is InChI=1S/C39H40BN3O2/c1-37(2)38(3,4)45-40(44-37)33-24-22-32(23-25-33)39(26-12-7-13-27-39)31-20-18-30(19-21-31)36-42-34(28-14-8-5-9-15-28)41-35(43-36)29-16-10-6-11-17-29/h5-6,8-11,14-25H,7,12-13,26-27H2,1-4H3. The van der Waals surface area contributed by atoms with Crippen molar-refractivity contribution in [1.29, 1.82) is 0 Å². The molecule has 0 amide bonds. The second-order valence-electron chi connectivity index (χ2n) is 13.5. The molecular formula is C39H40BN3O2. The van der Waals surface area contributed by atoms with Gasteiger partial charge in [0.2, 0.25) is 0 Å². The van der Waals surface area contributed by atoms with Crippen molar-refractivity contribution < 1.29 is 9.31 Å². The van der Waals surface area contributed by atoms with Gasteiger partial charge in [0.25, 0.3) is 0 Å². The molecule has 2 aliphatic rings. The third-order valence-corrected chi connectivity index (χ3v) is 10.1. The van der Waals surface area contributed by atoms with Crippen LogP contribution in [0, 0.1) is 0 Å². The summed E-state index contributed by atoms with van der Waals surface area (Å²) in [6.45, 7) is 8.40. The average molecular weight is 594 g/mol. The first-order valence-corrected chi connectivity index (χ1v) is 16.2. The third kappa shape index (κ3) is 5.62. The summed E-state index contributed by atoms with van der Waals surface area (Å²) in [5, 5.41) is 0. The maximum absolute atomic E-state index is 6.34. The molecule has 2 heterocycles. The summed E-state index contributed by atoms with van der Waals surface area (Å²) < 4.78 is 12.7. The third-order valence-electron chi connectivity index (χ3n) is 10.1. The van der Waals surface area contributed by atoms with Crippen molar-refractivity contribution in [2.75, 3.05) is 0 Å². The smallest absolute Gasteiger partial charge is 0.399 e. The minimum absolute atomic E-state index is 0.0330. The van der Waals surface area contributed by atoms with Crippen molar-refractivity contribution in [3.8, 4) is 34.2 Å². The Morgan fingerprint density at radius 2 is 0.889 bits per heavy atom. The lowest BCUT2D eigenvalue weighted by Crippen LogP contribution is -2.41. The summed E-state index contributed by atoms with van der Waals surface area (Å²) in [5.74, 6) is 2.03. The second kappa shape index (κ2) is 11.7. The molecule has 0 N–H and O–H groups in total. The molecule has 6 heteroatoms. The Morgan fingerprint density at radius 3 is 1.33 bits per heavy atom. The van der Waals surface area contributed by atoms with E-state index in [-0.39, 0.29) is 23.7 Å². The molecule has 5 aromatic rings. The molecule has 1 aliphatic carbocycles. The fourth-order valence-corrected chi connectivity index (χ4v) is 6.71. The first-order valence-electron chi connectivity index (χ1n) is 16.2. The fourth-order valence-electron chi connectivity index (χ4n) is 6.71. The molecule has 0 spiro atoms. The molecular weight excluding hydrogens is 553 g/mol.